The number of hydrogen-bond donors (Lipinski definition) is 1. The normalized spacial score (nSPS) is 14.4. The van der Waals surface area contributed by atoms with Gasteiger partial charge in [-0.2, -0.15) is 0 Å². The summed E-state index contributed by atoms with van der Waals surface area (Å²) in [5, 5.41) is 3.14. The van der Waals surface area contributed by atoms with E-state index in [4.69, 9.17) is 0 Å². The lowest BCUT2D eigenvalue weighted by Gasteiger charge is -2.16. The molecule has 1 aliphatic heterocycles. The molecule has 2 rings (SSSR count). The number of Topliss-reactive ketones (excluding diaryl/α,β-unsaturated/α-hetero) is 1. The lowest BCUT2D eigenvalue weighted by molar-refractivity contribution is -0.114. The maximum absolute atomic E-state index is 11.7. The molecule has 1 aromatic carbocycles. The van der Waals surface area contributed by atoms with E-state index in [9.17, 15) is 9.59 Å². The summed E-state index contributed by atoms with van der Waals surface area (Å²) in [7, 11) is 0. The Bertz CT molecular complexity index is 429. The quantitative estimate of drug-likeness (QED) is 0.601. The number of nitrogens with zero attached hydrogens (tertiary/aromatic N) is 1. The highest BCUT2D eigenvalue weighted by atomic mass is 16.2. The van der Waals surface area contributed by atoms with Crippen LogP contribution in [-0.2, 0) is 4.79 Å². The zero-order valence-corrected chi connectivity index (χ0v) is 9.19. The van der Waals surface area contributed by atoms with Gasteiger partial charge in [0, 0.05) is 13.1 Å². The lowest BCUT2D eigenvalue weighted by atomic mass is 10.1. The molecule has 1 N–H and O–H groups in total. The zero-order valence-electron chi connectivity index (χ0n) is 9.19. The molecule has 0 fully saturated rings. The Balaban J connectivity index is 2.20. The van der Waals surface area contributed by atoms with Gasteiger partial charge in [0.25, 0.3) is 11.7 Å². The van der Waals surface area contributed by atoms with Gasteiger partial charge in [-0.3, -0.25) is 9.59 Å². The highest BCUT2D eigenvalue weighted by Gasteiger charge is 2.34. The van der Waals surface area contributed by atoms with Crippen molar-refractivity contribution in [3.63, 3.8) is 0 Å². The van der Waals surface area contributed by atoms with Gasteiger partial charge in [0.15, 0.2) is 0 Å². The first-order valence-corrected chi connectivity index (χ1v) is 5.41. The highest BCUT2D eigenvalue weighted by Crippen LogP contribution is 2.27. The van der Waals surface area contributed by atoms with Gasteiger partial charge in [-0.15, -0.1) is 0 Å². The summed E-state index contributed by atoms with van der Waals surface area (Å²) < 4.78 is 0. The molecule has 0 saturated carbocycles. The van der Waals surface area contributed by atoms with Gasteiger partial charge in [-0.1, -0.05) is 19.1 Å². The van der Waals surface area contributed by atoms with Crippen molar-refractivity contribution < 1.29 is 9.59 Å². The van der Waals surface area contributed by atoms with E-state index in [0.717, 1.165) is 12.2 Å². The van der Waals surface area contributed by atoms with Crippen LogP contribution < -0.4 is 10.2 Å². The largest absolute Gasteiger partial charge is 0.315 e. The average molecular weight is 218 g/mol. The Morgan fingerprint density at radius 2 is 2.00 bits per heavy atom. The molecule has 1 aromatic rings. The number of para-hydroxylation sites is 1. The fourth-order valence-electron chi connectivity index (χ4n) is 1.84. The second-order valence-corrected chi connectivity index (χ2v) is 3.66. The minimum Gasteiger partial charge on any atom is -0.315 e. The molecule has 0 aromatic heterocycles. The minimum absolute atomic E-state index is 0.396. The number of rotatable bonds is 4. The second-order valence-electron chi connectivity index (χ2n) is 3.66. The molecular formula is C12H14N2O2. The molecular weight excluding hydrogens is 204 g/mol. The first kappa shape index (κ1) is 10.8. The van der Waals surface area contributed by atoms with Crippen LogP contribution in [0.15, 0.2) is 24.3 Å². The maximum atomic E-state index is 11.7. The standard InChI is InChI=1S/C12H14N2O2/c1-2-13-7-8-14-10-6-4-3-5-9(10)11(15)12(14)16/h3-6,13H,2,7-8H2,1H3. The maximum Gasteiger partial charge on any atom is 0.299 e. The van der Waals surface area contributed by atoms with Crippen molar-refractivity contribution in [1.29, 1.82) is 0 Å². The van der Waals surface area contributed by atoms with Crippen LogP contribution in [0.1, 0.15) is 17.3 Å². The summed E-state index contributed by atoms with van der Waals surface area (Å²) in [5.74, 6) is -0.814. The van der Waals surface area contributed by atoms with E-state index in [1.807, 2.05) is 19.1 Å². The van der Waals surface area contributed by atoms with Gasteiger partial charge in [-0.05, 0) is 18.7 Å². The summed E-state index contributed by atoms with van der Waals surface area (Å²) in [6.07, 6.45) is 0. The number of nitrogens with one attached hydrogen (secondary N) is 1. The molecule has 0 aliphatic carbocycles. The monoisotopic (exact) mass is 218 g/mol. The Morgan fingerprint density at radius 1 is 1.25 bits per heavy atom. The molecule has 0 bridgehead atoms. The van der Waals surface area contributed by atoms with Crippen molar-refractivity contribution in [2.45, 2.75) is 6.92 Å². The third-order valence-corrected chi connectivity index (χ3v) is 2.64. The third-order valence-electron chi connectivity index (χ3n) is 2.64. The molecule has 0 radical (unpaired) electrons. The second kappa shape index (κ2) is 4.45. The number of fused-ring (bicyclic) bond motifs is 1. The Hall–Kier alpha value is -1.68. The van der Waals surface area contributed by atoms with E-state index >= 15 is 0 Å². The SMILES string of the molecule is CCNCCN1C(=O)C(=O)c2ccccc21. The first-order valence-electron chi connectivity index (χ1n) is 5.41. The number of anilines is 1. The molecule has 0 spiro atoms. The molecule has 4 heteroatoms. The molecule has 0 saturated heterocycles. The Morgan fingerprint density at radius 3 is 2.75 bits per heavy atom. The van der Waals surface area contributed by atoms with Crippen LogP contribution in [0.3, 0.4) is 0 Å². The van der Waals surface area contributed by atoms with E-state index in [1.165, 1.54) is 0 Å². The number of benzene rings is 1. The van der Waals surface area contributed by atoms with Crippen LogP contribution in [0.5, 0.6) is 0 Å². The van der Waals surface area contributed by atoms with E-state index < -0.39 is 11.7 Å². The number of likely N-dealkylation sites (N-methyl/N-ethyl adjacent to an activating group) is 1. The van der Waals surface area contributed by atoms with Gasteiger partial charge in [0.05, 0.1) is 11.3 Å². The number of carbonyl (C=O) groups excluding carboxylic acids is 2. The predicted octanol–water partition coefficient (Wildman–Crippen LogP) is 0.825. The summed E-state index contributed by atoms with van der Waals surface area (Å²) >= 11 is 0. The molecule has 84 valence electrons. The van der Waals surface area contributed by atoms with Gasteiger partial charge < -0.3 is 10.2 Å². The van der Waals surface area contributed by atoms with Crippen molar-refractivity contribution in [3.05, 3.63) is 29.8 Å². The van der Waals surface area contributed by atoms with Crippen LogP contribution in [0.25, 0.3) is 0 Å². The average Bonchev–Trinajstić information content (AvgIpc) is 2.55. The number of amides is 1. The molecule has 0 atom stereocenters. The van der Waals surface area contributed by atoms with E-state index in [0.29, 0.717) is 18.7 Å². The van der Waals surface area contributed by atoms with Crippen LogP contribution >= 0.6 is 0 Å². The summed E-state index contributed by atoms with van der Waals surface area (Å²) in [6.45, 7) is 4.10. The highest BCUT2D eigenvalue weighted by molar-refractivity contribution is 6.52. The van der Waals surface area contributed by atoms with Crippen molar-refractivity contribution in [2.24, 2.45) is 0 Å². The summed E-state index contributed by atoms with van der Waals surface area (Å²) in [5.41, 5.74) is 1.25. The van der Waals surface area contributed by atoms with E-state index in [-0.39, 0.29) is 0 Å². The molecule has 1 aliphatic rings. The van der Waals surface area contributed by atoms with Crippen molar-refractivity contribution >= 4 is 17.4 Å². The molecule has 1 heterocycles. The topological polar surface area (TPSA) is 49.4 Å². The van der Waals surface area contributed by atoms with Crippen LogP contribution in [0.4, 0.5) is 5.69 Å². The smallest absolute Gasteiger partial charge is 0.299 e. The fraction of sp³-hybridized carbons (Fsp3) is 0.333. The predicted molar refractivity (Wildman–Crippen MR) is 61.7 cm³/mol. The summed E-state index contributed by atoms with van der Waals surface area (Å²) in [4.78, 5) is 24.9. The van der Waals surface area contributed by atoms with Gasteiger partial charge in [0.1, 0.15) is 0 Å². The van der Waals surface area contributed by atoms with Crippen LogP contribution in [0, 0.1) is 0 Å². The number of carbonyl (C=O) groups is 2. The molecule has 0 unspecified atom stereocenters. The van der Waals surface area contributed by atoms with Crippen molar-refractivity contribution in [1.82, 2.24) is 5.32 Å². The zero-order chi connectivity index (χ0) is 11.5. The molecule has 1 amide bonds. The molecule has 16 heavy (non-hydrogen) atoms. The first-order chi connectivity index (χ1) is 7.75. The van der Waals surface area contributed by atoms with Crippen molar-refractivity contribution in [3.8, 4) is 0 Å². The summed E-state index contributed by atoms with van der Waals surface area (Å²) in [6, 6.07) is 7.12. The van der Waals surface area contributed by atoms with Crippen molar-refractivity contribution in [2.75, 3.05) is 24.5 Å². The molecule has 4 nitrogen and oxygen atoms in total. The van der Waals surface area contributed by atoms with E-state index in [1.54, 1.807) is 17.0 Å². The van der Waals surface area contributed by atoms with Gasteiger partial charge in [0.2, 0.25) is 0 Å². The van der Waals surface area contributed by atoms with Gasteiger partial charge >= 0.3 is 0 Å². The minimum atomic E-state index is -0.417. The van der Waals surface area contributed by atoms with Gasteiger partial charge in [-0.25, -0.2) is 0 Å². The lowest BCUT2D eigenvalue weighted by Crippen LogP contribution is -2.35. The fourth-order valence-corrected chi connectivity index (χ4v) is 1.84. The Labute approximate surface area is 94.2 Å². The number of hydrogen-bond acceptors (Lipinski definition) is 3. The van der Waals surface area contributed by atoms with Crippen LogP contribution in [-0.4, -0.2) is 31.3 Å². The van der Waals surface area contributed by atoms with Crippen LogP contribution in [0.2, 0.25) is 0 Å². The Kier molecular flexibility index (Phi) is 3.01. The number of ketones is 1. The third kappa shape index (κ3) is 1.72. The van der Waals surface area contributed by atoms with E-state index in [2.05, 4.69) is 5.32 Å².